The standard InChI is InChI=1S/C6H12IN/c7-5-3-1-2-4-6(5)8/h5-6H,1-4,8H2/t5-,6-/m1/s1. The molecule has 1 rings (SSSR count). The van der Waals surface area contributed by atoms with Gasteiger partial charge < -0.3 is 5.73 Å². The van der Waals surface area contributed by atoms with E-state index in [1.165, 1.54) is 25.7 Å². The summed E-state index contributed by atoms with van der Waals surface area (Å²) in [7, 11) is 0. The molecule has 0 amide bonds. The molecule has 48 valence electrons. The summed E-state index contributed by atoms with van der Waals surface area (Å²) in [6.45, 7) is 0. The highest BCUT2D eigenvalue weighted by molar-refractivity contribution is 14.1. The molecule has 0 bridgehead atoms. The smallest absolute Gasteiger partial charge is 0.0261 e. The minimum absolute atomic E-state index is 0.490. The van der Waals surface area contributed by atoms with Crippen LogP contribution >= 0.6 is 22.6 Å². The summed E-state index contributed by atoms with van der Waals surface area (Å²) in [5.41, 5.74) is 5.77. The van der Waals surface area contributed by atoms with Gasteiger partial charge >= 0.3 is 0 Å². The SMILES string of the molecule is N[C@@H]1CCCC[C@H]1I. The van der Waals surface area contributed by atoms with Crippen molar-refractivity contribution in [1.29, 1.82) is 0 Å². The maximum Gasteiger partial charge on any atom is 0.0261 e. The topological polar surface area (TPSA) is 26.0 Å². The lowest BCUT2D eigenvalue weighted by Crippen LogP contribution is -2.33. The zero-order chi connectivity index (χ0) is 5.98. The fourth-order valence-corrected chi connectivity index (χ4v) is 1.91. The number of hydrogen-bond acceptors (Lipinski definition) is 1. The number of nitrogens with two attached hydrogens (primary N) is 1. The molecule has 0 radical (unpaired) electrons. The lowest BCUT2D eigenvalue weighted by Gasteiger charge is -2.22. The Kier molecular flexibility index (Phi) is 2.56. The van der Waals surface area contributed by atoms with Crippen LogP contribution in [0.2, 0.25) is 0 Å². The summed E-state index contributed by atoms with van der Waals surface area (Å²) in [5.74, 6) is 0. The normalized spacial score (nSPS) is 39.8. The molecule has 2 N–H and O–H groups in total. The van der Waals surface area contributed by atoms with Gasteiger partial charge in [0, 0.05) is 9.97 Å². The van der Waals surface area contributed by atoms with E-state index in [-0.39, 0.29) is 0 Å². The van der Waals surface area contributed by atoms with E-state index in [0.717, 1.165) is 3.92 Å². The fourth-order valence-electron chi connectivity index (χ4n) is 1.11. The zero-order valence-corrected chi connectivity index (χ0v) is 7.10. The molecule has 0 heterocycles. The van der Waals surface area contributed by atoms with Gasteiger partial charge in [0.25, 0.3) is 0 Å². The average molecular weight is 225 g/mol. The Hall–Kier alpha value is 0.690. The Morgan fingerprint density at radius 3 is 2.25 bits per heavy atom. The number of alkyl halides is 1. The molecule has 2 atom stereocenters. The van der Waals surface area contributed by atoms with Crippen LogP contribution in [0, 0.1) is 0 Å². The van der Waals surface area contributed by atoms with Gasteiger partial charge in [-0.25, -0.2) is 0 Å². The molecule has 1 saturated carbocycles. The minimum Gasteiger partial charge on any atom is -0.327 e. The molecule has 0 aliphatic heterocycles. The van der Waals surface area contributed by atoms with Crippen LogP contribution in [0.25, 0.3) is 0 Å². The minimum atomic E-state index is 0.490. The van der Waals surface area contributed by atoms with Crippen molar-refractivity contribution in [2.45, 2.75) is 35.6 Å². The van der Waals surface area contributed by atoms with E-state index in [9.17, 15) is 0 Å². The van der Waals surface area contributed by atoms with Crippen molar-refractivity contribution in [3.8, 4) is 0 Å². The Labute approximate surface area is 64.2 Å². The average Bonchev–Trinajstić information content (AvgIpc) is 1.77. The highest BCUT2D eigenvalue weighted by Gasteiger charge is 2.17. The molecular formula is C6H12IN. The van der Waals surface area contributed by atoms with Crippen LogP contribution in [0.15, 0.2) is 0 Å². The van der Waals surface area contributed by atoms with Gasteiger partial charge in [0.1, 0.15) is 0 Å². The molecule has 1 aliphatic carbocycles. The second kappa shape index (κ2) is 3.01. The van der Waals surface area contributed by atoms with Crippen molar-refractivity contribution in [3.05, 3.63) is 0 Å². The Morgan fingerprint density at radius 2 is 1.88 bits per heavy atom. The Balaban J connectivity index is 2.28. The van der Waals surface area contributed by atoms with Crippen LogP contribution in [0.5, 0.6) is 0 Å². The van der Waals surface area contributed by atoms with Crippen molar-refractivity contribution < 1.29 is 0 Å². The predicted molar refractivity (Wildman–Crippen MR) is 44.3 cm³/mol. The Morgan fingerprint density at radius 1 is 1.25 bits per heavy atom. The Bertz CT molecular complexity index is 64.9. The molecule has 8 heavy (non-hydrogen) atoms. The van der Waals surface area contributed by atoms with Gasteiger partial charge in [-0.3, -0.25) is 0 Å². The van der Waals surface area contributed by atoms with Gasteiger partial charge in [-0.1, -0.05) is 35.4 Å². The van der Waals surface area contributed by atoms with Crippen molar-refractivity contribution in [1.82, 2.24) is 0 Å². The summed E-state index contributed by atoms with van der Waals surface area (Å²) in [5, 5.41) is 0. The molecule has 0 aromatic rings. The zero-order valence-electron chi connectivity index (χ0n) is 4.94. The maximum atomic E-state index is 5.77. The maximum absolute atomic E-state index is 5.77. The first-order valence-electron chi connectivity index (χ1n) is 3.20. The van der Waals surface area contributed by atoms with Gasteiger partial charge in [0.2, 0.25) is 0 Å². The highest BCUT2D eigenvalue weighted by atomic mass is 127. The molecule has 0 aromatic heterocycles. The lowest BCUT2D eigenvalue weighted by atomic mass is 9.96. The molecule has 0 unspecified atom stereocenters. The van der Waals surface area contributed by atoms with Crippen LogP contribution in [0.1, 0.15) is 25.7 Å². The second-order valence-corrected chi connectivity index (χ2v) is 4.06. The monoisotopic (exact) mass is 225 g/mol. The van der Waals surface area contributed by atoms with Crippen molar-refractivity contribution >= 4 is 22.6 Å². The van der Waals surface area contributed by atoms with Crippen LogP contribution < -0.4 is 5.73 Å². The first-order chi connectivity index (χ1) is 3.80. The van der Waals surface area contributed by atoms with E-state index in [2.05, 4.69) is 22.6 Å². The van der Waals surface area contributed by atoms with Gasteiger partial charge in [-0.15, -0.1) is 0 Å². The second-order valence-electron chi connectivity index (χ2n) is 2.46. The summed E-state index contributed by atoms with van der Waals surface area (Å²) in [4.78, 5) is 0. The molecule has 2 heteroatoms. The van der Waals surface area contributed by atoms with E-state index in [0.29, 0.717) is 6.04 Å². The largest absolute Gasteiger partial charge is 0.327 e. The molecule has 1 aliphatic rings. The lowest BCUT2D eigenvalue weighted by molar-refractivity contribution is 0.465. The summed E-state index contributed by atoms with van der Waals surface area (Å²) >= 11 is 2.46. The predicted octanol–water partition coefficient (Wildman–Crippen LogP) is 1.69. The third-order valence-corrected chi connectivity index (χ3v) is 3.28. The van der Waals surface area contributed by atoms with Gasteiger partial charge in [-0.05, 0) is 12.8 Å². The van der Waals surface area contributed by atoms with E-state index >= 15 is 0 Å². The summed E-state index contributed by atoms with van der Waals surface area (Å²) < 4.78 is 0.751. The van der Waals surface area contributed by atoms with E-state index in [1.807, 2.05) is 0 Å². The van der Waals surface area contributed by atoms with Crippen LogP contribution in [-0.4, -0.2) is 9.97 Å². The molecule has 1 fully saturated rings. The quantitative estimate of drug-likeness (QED) is 0.492. The fraction of sp³-hybridized carbons (Fsp3) is 1.00. The third-order valence-electron chi connectivity index (χ3n) is 1.73. The van der Waals surface area contributed by atoms with Crippen molar-refractivity contribution in [2.24, 2.45) is 5.73 Å². The molecule has 0 spiro atoms. The van der Waals surface area contributed by atoms with Crippen LogP contribution in [-0.2, 0) is 0 Å². The summed E-state index contributed by atoms with van der Waals surface area (Å²) in [6.07, 6.45) is 5.32. The molecule has 1 nitrogen and oxygen atoms in total. The first kappa shape index (κ1) is 6.81. The number of hydrogen-bond donors (Lipinski definition) is 1. The third kappa shape index (κ3) is 1.58. The highest BCUT2D eigenvalue weighted by Crippen LogP contribution is 2.22. The van der Waals surface area contributed by atoms with Crippen LogP contribution in [0.3, 0.4) is 0 Å². The van der Waals surface area contributed by atoms with E-state index < -0.39 is 0 Å². The van der Waals surface area contributed by atoms with Gasteiger partial charge in [-0.2, -0.15) is 0 Å². The molecular weight excluding hydrogens is 213 g/mol. The first-order valence-corrected chi connectivity index (χ1v) is 4.45. The van der Waals surface area contributed by atoms with Crippen molar-refractivity contribution in [3.63, 3.8) is 0 Å². The van der Waals surface area contributed by atoms with Crippen LogP contribution in [0.4, 0.5) is 0 Å². The number of rotatable bonds is 0. The van der Waals surface area contributed by atoms with Crippen molar-refractivity contribution in [2.75, 3.05) is 0 Å². The summed E-state index contributed by atoms with van der Waals surface area (Å²) in [6, 6.07) is 0.490. The number of halogens is 1. The van der Waals surface area contributed by atoms with Gasteiger partial charge in [0.15, 0.2) is 0 Å². The van der Waals surface area contributed by atoms with E-state index in [4.69, 9.17) is 5.73 Å². The van der Waals surface area contributed by atoms with Gasteiger partial charge in [0.05, 0.1) is 0 Å². The molecule has 0 saturated heterocycles. The molecule has 0 aromatic carbocycles. The van der Waals surface area contributed by atoms with E-state index in [1.54, 1.807) is 0 Å².